The van der Waals surface area contributed by atoms with Crippen LogP contribution >= 0.6 is 0 Å². The lowest BCUT2D eigenvalue weighted by Crippen LogP contribution is -2.39. The van der Waals surface area contributed by atoms with Crippen molar-refractivity contribution >= 4 is 34.7 Å². The summed E-state index contributed by atoms with van der Waals surface area (Å²) in [7, 11) is 1.48. The highest BCUT2D eigenvalue weighted by atomic mass is 16.5. The molecule has 7 nitrogen and oxygen atoms in total. The molecule has 5 rings (SSSR count). The molecule has 0 aromatic heterocycles. The average molecular weight is 425 g/mol. The molecule has 0 spiro atoms. The number of ketones is 1. The molecule has 0 radical (unpaired) electrons. The highest BCUT2D eigenvalue weighted by molar-refractivity contribution is 6.53. The zero-order chi connectivity index (χ0) is 22.2. The van der Waals surface area contributed by atoms with Gasteiger partial charge in [-0.2, -0.15) is 5.10 Å². The number of hydrogen-bond donors (Lipinski definition) is 0. The molecular formula is C25H19N3O4. The molecule has 2 heterocycles. The van der Waals surface area contributed by atoms with Gasteiger partial charge in [0, 0.05) is 5.56 Å². The van der Waals surface area contributed by atoms with Crippen LogP contribution in [-0.4, -0.2) is 36.5 Å². The van der Waals surface area contributed by atoms with E-state index in [-0.39, 0.29) is 11.5 Å². The minimum absolute atomic E-state index is 0.0563. The van der Waals surface area contributed by atoms with Crippen LogP contribution in [0.4, 0.5) is 11.4 Å². The van der Waals surface area contributed by atoms with Crippen LogP contribution in [-0.2, 0) is 9.59 Å². The third kappa shape index (κ3) is 2.98. The summed E-state index contributed by atoms with van der Waals surface area (Å²) in [5.41, 5.74) is 1.44. The number of hydrogen-bond acceptors (Lipinski definition) is 6. The van der Waals surface area contributed by atoms with Gasteiger partial charge in [0.2, 0.25) is 11.7 Å². The zero-order valence-corrected chi connectivity index (χ0v) is 17.2. The maximum Gasteiger partial charge on any atom is 0.260 e. The predicted molar refractivity (Wildman–Crippen MR) is 120 cm³/mol. The number of para-hydroxylation sites is 3. The van der Waals surface area contributed by atoms with Crippen LogP contribution in [0.5, 0.6) is 5.75 Å². The van der Waals surface area contributed by atoms with Gasteiger partial charge in [-0.25, -0.2) is 4.90 Å². The number of benzene rings is 3. The van der Waals surface area contributed by atoms with E-state index in [1.165, 1.54) is 12.1 Å². The van der Waals surface area contributed by atoms with Crippen molar-refractivity contribution in [3.05, 3.63) is 90.5 Å². The molecule has 3 aromatic carbocycles. The van der Waals surface area contributed by atoms with Gasteiger partial charge in [-0.1, -0.05) is 60.7 Å². The molecule has 1 saturated heterocycles. The van der Waals surface area contributed by atoms with Crippen molar-refractivity contribution < 1.29 is 19.1 Å². The Morgan fingerprint density at radius 3 is 2.16 bits per heavy atom. The Morgan fingerprint density at radius 1 is 0.844 bits per heavy atom. The van der Waals surface area contributed by atoms with E-state index in [2.05, 4.69) is 5.10 Å². The minimum Gasteiger partial charge on any atom is -0.495 e. The highest BCUT2D eigenvalue weighted by Crippen LogP contribution is 2.40. The topological polar surface area (TPSA) is 79.3 Å². The van der Waals surface area contributed by atoms with Crippen molar-refractivity contribution in [1.29, 1.82) is 0 Å². The average Bonchev–Trinajstić information content (AvgIpc) is 3.36. The van der Waals surface area contributed by atoms with Crippen LogP contribution in [0.1, 0.15) is 10.4 Å². The first-order chi connectivity index (χ1) is 15.6. The van der Waals surface area contributed by atoms with Gasteiger partial charge >= 0.3 is 0 Å². The SMILES string of the molecule is COc1ccccc1N1C(=O)[C@@H]2C(C(=O)c3ccccc3)=NN(c3ccccc3)[C@H]2C1=O. The third-order valence-corrected chi connectivity index (χ3v) is 5.66. The fourth-order valence-corrected chi connectivity index (χ4v) is 4.19. The first-order valence-corrected chi connectivity index (χ1v) is 10.1. The first-order valence-electron chi connectivity index (χ1n) is 10.1. The first kappa shape index (κ1) is 19.7. The lowest BCUT2D eigenvalue weighted by molar-refractivity contribution is -0.121. The van der Waals surface area contributed by atoms with E-state index in [4.69, 9.17) is 4.74 Å². The summed E-state index contributed by atoms with van der Waals surface area (Å²) in [5, 5.41) is 5.97. The number of methoxy groups -OCH3 is 1. The normalized spacial score (nSPS) is 19.7. The van der Waals surface area contributed by atoms with Gasteiger partial charge in [0.25, 0.3) is 5.91 Å². The van der Waals surface area contributed by atoms with E-state index in [1.807, 2.05) is 18.2 Å². The molecule has 158 valence electrons. The van der Waals surface area contributed by atoms with Crippen LogP contribution in [0, 0.1) is 5.92 Å². The van der Waals surface area contributed by atoms with Gasteiger partial charge in [0.1, 0.15) is 23.4 Å². The van der Waals surface area contributed by atoms with Gasteiger partial charge in [0.15, 0.2) is 0 Å². The summed E-state index contributed by atoms with van der Waals surface area (Å²) in [6.07, 6.45) is 0. The number of nitrogens with zero attached hydrogens (tertiary/aromatic N) is 3. The number of anilines is 2. The summed E-state index contributed by atoms with van der Waals surface area (Å²) in [5.74, 6) is -1.94. The monoisotopic (exact) mass is 425 g/mol. The zero-order valence-electron chi connectivity index (χ0n) is 17.2. The Bertz CT molecular complexity index is 1240. The number of imide groups is 1. The third-order valence-electron chi connectivity index (χ3n) is 5.66. The van der Waals surface area contributed by atoms with Crippen molar-refractivity contribution in [2.24, 2.45) is 11.0 Å². The standard InChI is InChI=1S/C25H19N3O4/c1-32-19-15-9-8-14-18(19)27-24(30)20-21(23(29)16-10-4-2-5-11-16)26-28(22(20)25(27)31)17-12-6-3-7-13-17/h2-15,20,22H,1H3/t20-,22-/m1/s1. The van der Waals surface area contributed by atoms with Crippen molar-refractivity contribution in [3.8, 4) is 5.75 Å². The number of amides is 2. The minimum atomic E-state index is -1.01. The number of ether oxygens (including phenoxy) is 1. The van der Waals surface area contributed by atoms with E-state index in [1.54, 1.807) is 66.7 Å². The summed E-state index contributed by atoms with van der Waals surface area (Å²) in [6.45, 7) is 0. The molecule has 2 aliphatic heterocycles. The van der Waals surface area contributed by atoms with Gasteiger partial charge in [0.05, 0.1) is 18.5 Å². The van der Waals surface area contributed by atoms with E-state index in [9.17, 15) is 14.4 Å². The molecule has 2 atom stereocenters. The summed E-state index contributed by atoms with van der Waals surface area (Å²) >= 11 is 0. The van der Waals surface area contributed by atoms with Crippen LogP contribution in [0.15, 0.2) is 90.0 Å². The Balaban J connectivity index is 1.63. The quantitative estimate of drug-likeness (QED) is 0.463. The number of carbonyl (C=O) groups excluding carboxylic acids is 3. The Hall–Kier alpha value is -4.26. The number of fused-ring (bicyclic) bond motifs is 1. The predicted octanol–water partition coefficient (Wildman–Crippen LogP) is 3.31. The lowest BCUT2D eigenvalue weighted by atomic mass is 9.92. The van der Waals surface area contributed by atoms with Gasteiger partial charge in [-0.15, -0.1) is 0 Å². The molecule has 0 bridgehead atoms. The maximum atomic E-state index is 13.6. The van der Waals surface area contributed by atoms with Crippen LogP contribution in [0.2, 0.25) is 0 Å². The fourth-order valence-electron chi connectivity index (χ4n) is 4.19. The second kappa shape index (κ2) is 7.77. The second-order valence-corrected chi connectivity index (χ2v) is 7.47. The van der Waals surface area contributed by atoms with Gasteiger partial charge in [-0.05, 0) is 24.3 Å². The van der Waals surface area contributed by atoms with E-state index in [0.717, 1.165) is 4.90 Å². The highest BCUT2D eigenvalue weighted by Gasteiger charge is 2.59. The molecule has 0 N–H and O–H groups in total. The number of Topliss-reactive ketones (excluding diaryl/α,β-unsaturated/α-hetero) is 1. The van der Waals surface area contributed by atoms with Gasteiger partial charge < -0.3 is 4.74 Å². The Morgan fingerprint density at radius 2 is 1.47 bits per heavy atom. The largest absolute Gasteiger partial charge is 0.495 e. The molecule has 0 saturated carbocycles. The van der Waals surface area contributed by atoms with E-state index >= 15 is 0 Å². The van der Waals surface area contributed by atoms with Gasteiger partial charge in [-0.3, -0.25) is 19.4 Å². The molecule has 0 aliphatic carbocycles. The molecule has 2 amide bonds. The van der Waals surface area contributed by atoms with Crippen molar-refractivity contribution in [2.75, 3.05) is 17.0 Å². The fraction of sp³-hybridized carbons (Fsp3) is 0.120. The van der Waals surface area contributed by atoms with E-state index < -0.39 is 23.8 Å². The number of carbonyl (C=O) groups is 3. The summed E-state index contributed by atoms with van der Waals surface area (Å²) in [4.78, 5) is 41.6. The number of rotatable bonds is 5. The van der Waals surface area contributed by atoms with Crippen molar-refractivity contribution in [2.45, 2.75) is 6.04 Å². The lowest BCUT2D eigenvalue weighted by Gasteiger charge is -2.22. The number of hydrazone groups is 1. The summed E-state index contributed by atoms with van der Waals surface area (Å²) < 4.78 is 5.37. The molecule has 0 unspecified atom stereocenters. The Labute approximate surface area is 184 Å². The molecular weight excluding hydrogens is 406 g/mol. The summed E-state index contributed by atoms with van der Waals surface area (Å²) in [6, 6.07) is 23.6. The van der Waals surface area contributed by atoms with E-state index in [0.29, 0.717) is 22.7 Å². The smallest absolute Gasteiger partial charge is 0.260 e. The van der Waals surface area contributed by atoms with Crippen molar-refractivity contribution in [3.63, 3.8) is 0 Å². The molecule has 3 aromatic rings. The van der Waals surface area contributed by atoms with Crippen LogP contribution in [0.25, 0.3) is 0 Å². The molecule has 1 fully saturated rings. The van der Waals surface area contributed by atoms with Crippen LogP contribution in [0.3, 0.4) is 0 Å². The second-order valence-electron chi connectivity index (χ2n) is 7.47. The van der Waals surface area contributed by atoms with Crippen LogP contribution < -0.4 is 14.6 Å². The molecule has 32 heavy (non-hydrogen) atoms. The molecule has 7 heteroatoms. The maximum absolute atomic E-state index is 13.6. The van der Waals surface area contributed by atoms with Crippen molar-refractivity contribution in [1.82, 2.24) is 0 Å². The molecule has 2 aliphatic rings. The Kier molecular flexibility index (Phi) is 4.78.